The number of aryl methyl sites for hydroxylation is 2. The third-order valence-electron chi connectivity index (χ3n) is 4.29. The summed E-state index contributed by atoms with van der Waals surface area (Å²) in [4.78, 5) is 12.1. The van der Waals surface area contributed by atoms with Gasteiger partial charge in [-0.1, -0.05) is 12.1 Å². The van der Waals surface area contributed by atoms with Crippen molar-refractivity contribution >= 4 is 5.91 Å². The van der Waals surface area contributed by atoms with Gasteiger partial charge in [-0.2, -0.15) is 0 Å². The summed E-state index contributed by atoms with van der Waals surface area (Å²) in [5.74, 6) is 1.73. The zero-order valence-electron chi connectivity index (χ0n) is 10.5. The van der Waals surface area contributed by atoms with Gasteiger partial charge < -0.3 is 9.84 Å². The molecule has 2 saturated carbocycles. The summed E-state index contributed by atoms with van der Waals surface area (Å²) in [6.07, 6.45) is 3.06. The Morgan fingerprint density at radius 1 is 1.59 bits per heavy atom. The molecule has 0 aliphatic heterocycles. The minimum atomic E-state index is 0.0341. The van der Waals surface area contributed by atoms with Crippen molar-refractivity contribution in [3.05, 3.63) is 17.0 Å². The number of carbonyl (C=O) groups is 1. The number of hydrogen-bond donors (Lipinski definition) is 1. The Hall–Kier alpha value is -1.32. The highest BCUT2D eigenvalue weighted by Crippen LogP contribution is 2.75. The second-order valence-electron chi connectivity index (χ2n) is 5.43. The molecule has 1 amide bonds. The SMILES string of the molecule is CCC(NC(=O)C12CC1C2)c1c(C)noc1C. The lowest BCUT2D eigenvalue weighted by atomic mass is 10.0. The lowest BCUT2D eigenvalue weighted by molar-refractivity contribution is -0.125. The first-order valence-electron chi connectivity index (χ1n) is 6.32. The second kappa shape index (κ2) is 3.34. The van der Waals surface area contributed by atoms with Gasteiger partial charge in [0.05, 0.1) is 17.2 Å². The fourth-order valence-electron chi connectivity index (χ4n) is 2.74. The number of fused-ring (bicyclic) bond motifs is 1. The summed E-state index contributed by atoms with van der Waals surface area (Å²) in [7, 11) is 0. The average molecular weight is 234 g/mol. The molecule has 1 N–H and O–H groups in total. The van der Waals surface area contributed by atoms with Gasteiger partial charge in [0.25, 0.3) is 0 Å². The summed E-state index contributed by atoms with van der Waals surface area (Å²) >= 11 is 0. The van der Waals surface area contributed by atoms with E-state index in [1.165, 1.54) is 0 Å². The highest BCUT2D eigenvalue weighted by Gasteiger charge is 2.74. The number of nitrogens with one attached hydrogen (secondary N) is 1. The molecule has 0 bridgehead atoms. The van der Waals surface area contributed by atoms with Crippen LogP contribution in [0.4, 0.5) is 0 Å². The van der Waals surface area contributed by atoms with Gasteiger partial charge in [-0.3, -0.25) is 4.79 Å². The molecule has 1 heterocycles. The van der Waals surface area contributed by atoms with Gasteiger partial charge in [-0.25, -0.2) is 0 Å². The zero-order chi connectivity index (χ0) is 12.2. The molecular formula is C13H18N2O2. The molecule has 4 nitrogen and oxygen atoms in total. The summed E-state index contributed by atoms with van der Waals surface area (Å²) < 4.78 is 5.17. The summed E-state index contributed by atoms with van der Waals surface area (Å²) in [6.45, 7) is 5.90. The van der Waals surface area contributed by atoms with E-state index in [1.807, 2.05) is 13.8 Å². The van der Waals surface area contributed by atoms with Gasteiger partial charge in [-0.05, 0) is 39.0 Å². The molecule has 1 aromatic rings. The highest BCUT2D eigenvalue weighted by atomic mass is 16.5. The highest BCUT2D eigenvalue weighted by molar-refractivity contribution is 5.90. The van der Waals surface area contributed by atoms with Crippen molar-refractivity contribution in [2.24, 2.45) is 11.3 Å². The number of hydrogen-bond acceptors (Lipinski definition) is 3. The second-order valence-corrected chi connectivity index (χ2v) is 5.43. The van der Waals surface area contributed by atoms with Gasteiger partial charge in [0.1, 0.15) is 5.76 Å². The molecule has 1 atom stereocenters. The number of carbonyl (C=O) groups excluding carboxylic acids is 1. The zero-order valence-corrected chi connectivity index (χ0v) is 10.5. The summed E-state index contributed by atoms with van der Waals surface area (Å²) in [5, 5.41) is 7.11. The Morgan fingerprint density at radius 3 is 2.65 bits per heavy atom. The van der Waals surface area contributed by atoms with E-state index in [2.05, 4.69) is 17.4 Å². The fraction of sp³-hybridized carbons (Fsp3) is 0.692. The van der Waals surface area contributed by atoms with Gasteiger partial charge in [-0.15, -0.1) is 0 Å². The van der Waals surface area contributed by atoms with E-state index in [0.29, 0.717) is 5.92 Å². The molecule has 17 heavy (non-hydrogen) atoms. The minimum Gasteiger partial charge on any atom is -0.361 e. The minimum absolute atomic E-state index is 0.0341. The van der Waals surface area contributed by atoms with Crippen LogP contribution in [0.5, 0.6) is 0 Å². The summed E-state index contributed by atoms with van der Waals surface area (Å²) in [5.41, 5.74) is 1.97. The number of aromatic nitrogens is 1. The first-order valence-corrected chi connectivity index (χ1v) is 6.32. The van der Waals surface area contributed by atoms with E-state index in [-0.39, 0.29) is 17.4 Å². The van der Waals surface area contributed by atoms with Crippen molar-refractivity contribution < 1.29 is 9.32 Å². The van der Waals surface area contributed by atoms with E-state index >= 15 is 0 Å². The van der Waals surface area contributed by atoms with Crippen molar-refractivity contribution in [3.8, 4) is 0 Å². The van der Waals surface area contributed by atoms with Crippen LogP contribution in [-0.2, 0) is 4.79 Å². The van der Waals surface area contributed by atoms with Crippen LogP contribution in [0.15, 0.2) is 4.52 Å². The number of rotatable bonds is 4. The maximum Gasteiger partial charge on any atom is 0.227 e. The lowest BCUT2D eigenvalue weighted by Crippen LogP contribution is -2.32. The lowest BCUT2D eigenvalue weighted by Gasteiger charge is -2.18. The third-order valence-corrected chi connectivity index (χ3v) is 4.29. The van der Waals surface area contributed by atoms with Crippen molar-refractivity contribution in [1.29, 1.82) is 0 Å². The van der Waals surface area contributed by atoms with Crippen LogP contribution >= 0.6 is 0 Å². The molecule has 2 aliphatic rings. The molecule has 0 spiro atoms. The predicted molar refractivity (Wildman–Crippen MR) is 62.3 cm³/mol. The molecule has 2 aliphatic carbocycles. The van der Waals surface area contributed by atoms with Crippen LogP contribution in [0.3, 0.4) is 0 Å². The number of nitrogens with zero attached hydrogens (tertiary/aromatic N) is 1. The molecule has 3 rings (SSSR count). The van der Waals surface area contributed by atoms with Crippen molar-refractivity contribution in [2.45, 2.75) is 46.1 Å². The summed E-state index contributed by atoms with van der Waals surface area (Å²) in [6, 6.07) is 0.0463. The maximum absolute atomic E-state index is 12.1. The fourth-order valence-corrected chi connectivity index (χ4v) is 2.74. The largest absolute Gasteiger partial charge is 0.361 e. The molecule has 1 aromatic heterocycles. The first kappa shape index (κ1) is 10.8. The maximum atomic E-state index is 12.1. The van der Waals surface area contributed by atoms with E-state index in [9.17, 15) is 4.79 Å². The normalized spacial score (nSPS) is 30.6. The Morgan fingerprint density at radius 2 is 2.24 bits per heavy atom. The molecule has 4 heteroatoms. The van der Waals surface area contributed by atoms with Gasteiger partial charge >= 0.3 is 0 Å². The number of amides is 1. The monoisotopic (exact) mass is 234 g/mol. The first-order chi connectivity index (χ1) is 8.08. The van der Waals surface area contributed by atoms with Crippen LogP contribution in [0, 0.1) is 25.2 Å². The van der Waals surface area contributed by atoms with Crippen molar-refractivity contribution in [3.63, 3.8) is 0 Å². The Bertz CT molecular complexity index is 452. The molecule has 92 valence electrons. The molecule has 0 radical (unpaired) electrons. The standard InChI is InChI=1S/C13H18N2O2/c1-4-10(11-7(2)15-17-8(11)3)14-12(16)13-5-9(13)6-13/h9-10H,4-6H2,1-3H3,(H,14,16). The average Bonchev–Trinajstić information content (AvgIpc) is 3.11. The third kappa shape index (κ3) is 1.50. The molecular weight excluding hydrogens is 216 g/mol. The molecule has 0 saturated heterocycles. The van der Waals surface area contributed by atoms with Crippen LogP contribution < -0.4 is 5.32 Å². The smallest absolute Gasteiger partial charge is 0.227 e. The Labute approximate surface area is 101 Å². The predicted octanol–water partition coefficient (Wildman–Crippen LogP) is 2.27. The van der Waals surface area contributed by atoms with Crippen molar-refractivity contribution in [2.75, 3.05) is 0 Å². The Balaban J connectivity index is 1.77. The molecule has 0 aromatic carbocycles. The molecule has 2 fully saturated rings. The van der Waals surface area contributed by atoms with Crippen LogP contribution in [0.25, 0.3) is 0 Å². The van der Waals surface area contributed by atoms with Crippen molar-refractivity contribution in [1.82, 2.24) is 10.5 Å². The van der Waals surface area contributed by atoms with Gasteiger partial charge in [0, 0.05) is 5.56 Å². The van der Waals surface area contributed by atoms with Gasteiger partial charge in [0.2, 0.25) is 5.91 Å². The van der Waals surface area contributed by atoms with E-state index in [4.69, 9.17) is 4.52 Å². The quantitative estimate of drug-likeness (QED) is 0.869. The van der Waals surface area contributed by atoms with E-state index in [0.717, 1.165) is 36.3 Å². The van der Waals surface area contributed by atoms with E-state index < -0.39 is 0 Å². The van der Waals surface area contributed by atoms with E-state index in [1.54, 1.807) is 0 Å². The van der Waals surface area contributed by atoms with Crippen LogP contribution in [0.2, 0.25) is 0 Å². The Kier molecular flexibility index (Phi) is 2.12. The van der Waals surface area contributed by atoms with Crippen LogP contribution in [0.1, 0.15) is 49.2 Å². The van der Waals surface area contributed by atoms with Gasteiger partial charge in [0.15, 0.2) is 0 Å². The van der Waals surface area contributed by atoms with Crippen LogP contribution in [-0.4, -0.2) is 11.1 Å². The topological polar surface area (TPSA) is 55.1 Å². The molecule has 1 unspecified atom stereocenters.